The molecule has 1 saturated heterocycles. The first-order valence-corrected chi connectivity index (χ1v) is 7.50. The molecule has 1 aromatic heterocycles. The summed E-state index contributed by atoms with van der Waals surface area (Å²) in [5, 5.41) is 8.78. The highest BCUT2D eigenvalue weighted by molar-refractivity contribution is 6.30. The first kappa shape index (κ1) is 19.3. The summed E-state index contributed by atoms with van der Waals surface area (Å²) in [6.07, 6.45) is -2.41. The van der Waals surface area contributed by atoms with Crippen LogP contribution in [-0.2, 0) is 33.3 Å². The molecule has 142 valence electrons. The lowest BCUT2D eigenvalue weighted by molar-refractivity contribution is -0.219. The maximum Gasteiger partial charge on any atom is 0.419 e. The fourth-order valence-corrected chi connectivity index (χ4v) is 2.17. The highest BCUT2D eigenvalue weighted by Crippen LogP contribution is 2.25. The average molecular weight is 371 g/mol. The van der Waals surface area contributed by atoms with Crippen molar-refractivity contribution in [2.24, 2.45) is 0 Å². The van der Waals surface area contributed by atoms with Gasteiger partial charge in [-0.2, -0.15) is 4.98 Å². The Morgan fingerprint density at radius 3 is 2.65 bits per heavy atom. The van der Waals surface area contributed by atoms with Crippen molar-refractivity contribution in [1.82, 2.24) is 9.55 Å². The molecule has 26 heavy (non-hydrogen) atoms. The second kappa shape index (κ2) is 8.40. The van der Waals surface area contributed by atoms with Crippen LogP contribution in [0.2, 0.25) is 0 Å². The molecule has 0 amide bonds. The molecule has 2 rings (SSSR count). The van der Waals surface area contributed by atoms with Gasteiger partial charge in [0.15, 0.2) is 11.9 Å². The largest absolute Gasteiger partial charge is 0.463 e. The number of esters is 3. The van der Waals surface area contributed by atoms with Crippen molar-refractivity contribution in [3.8, 4) is 0 Å². The van der Waals surface area contributed by atoms with Gasteiger partial charge in [0.05, 0.1) is 0 Å². The lowest BCUT2D eigenvalue weighted by atomic mass is 10.1. The molecule has 3 atom stereocenters. The molecule has 1 aliphatic heterocycles. The molecular formula is C14H17N3O9. The van der Waals surface area contributed by atoms with Crippen molar-refractivity contribution >= 4 is 23.7 Å². The van der Waals surface area contributed by atoms with Crippen molar-refractivity contribution in [2.75, 3.05) is 19.2 Å². The molecule has 0 aromatic carbocycles. The number of hydrogen-bond acceptors (Lipinski definition) is 11. The molecular weight excluding hydrogens is 354 g/mol. The second-order valence-corrected chi connectivity index (χ2v) is 5.09. The third-order valence-electron chi connectivity index (χ3n) is 3.50. The van der Waals surface area contributed by atoms with Crippen LogP contribution >= 0.6 is 0 Å². The van der Waals surface area contributed by atoms with Crippen LogP contribution in [0.3, 0.4) is 0 Å². The van der Waals surface area contributed by atoms with E-state index < -0.39 is 42.0 Å². The Labute approximate surface area is 146 Å². The lowest BCUT2D eigenvalue weighted by Crippen LogP contribution is -2.52. The fraction of sp³-hybridized carbons (Fsp3) is 0.500. The number of carbonyl (C=O) groups is 3. The van der Waals surface area contributed by atoms with Crippen molar-refractivity contribution in [1.29, 1.82) is 0 Å². The zero-order chi connectivity index (χ0) is 19.3. The van der Waals surface area contributed by atoms with Crippen molar-refractivity contribution in [2.45, 2.75) is 31.8 Å². The van der Waals surface area contributed by atoms with Gasteiger partial charge in [0.1, 0.15) is 12.7 Å². The van der Waals surface area contributed by atoms with E-state index >= 15 is 0 Å². The van der Waals surface area contributed by atoms with E-state index in [1.807, 2.05) is 0 Å². The van der Waals surface area contributed by atoms with Crippen LogP contribution in [-0.4, -0.2) is 58.6 Å². The molecule has 12 heteroatoms. The zero-order valence-corrected chi connectivity index (χ0v) is 13.9. The smallest absolute Gasteiger partial charge is 0.419 e. The molecule has 2 N–H and O–H groups in total. The minimum absolute atomic E-state index is 0.123. The average Bonchev–Trinajstić information content (AvgIpc) is 2.64. The molecule has 0 aliphatic carbocycles. The van der Waals surface area contributed by atoms with Crippen LogP contribution in [0.15, 0.2) is 17.1 Å². The summed E-state index contributed by atoms with van der Waals surface area (Å²) < 4.78 is 21.0. The number of nitrogens with one attached hydrogen (secondary N) is 1. The van der Waals surface area contributed by atoms with Crippen molar-refractivity contribution in [3.63, 3.8) is 0 Å². The molecule has 12 nitrogen and oxygen atoms in total. The summed E-state index contributed by atoms with van der Waals surface area (Å²) in [5.41, 5.74) is 0.800. The molecule has 0 unspecified atom stereocenters. The molecule has 1 aliphatic rings. The number of rotatable bonds is 7. The SMILES string of the molecule is CCC(=O)OC[C@@H](OC)[C@H]1OC(=O)C(=O)O[C@H]1n1ccc(NO)nc1=O. The number of anilines is 1. The third kappa shape index (κ3) is 4.15. The zero-order valence-electron chi connectivity index (χ0n) is 13.9. The van der Waals surface area contributed by atoms with Crippen LogP contribution in [0.25, 0.3) is 0 Å². The minimum atomic E-state index is -1.40. The Bertz CT molecular complexity index is 747. The summed E-state index contributed by atoms with van der Waals surface area (Å²) in [6, 6.07) is 1.22. The van der Waals surface area contributed by atoms with E-state index in [0.717, 1.165) is 4.57 Å². The van der Waals surface area contributed by atoms with Crippen molar-refractivity contribution in [3.05, 3.63) is 22.7 Å². The van der Waals surface area contributed by atoms with Gasteiger partial charge in [-0.15, -0.1) is 0 Å². The maximum atomic E-state index is 12.1. The molecule has 0 saturated carbocycles. The molecule has 0 radical (unpaired) electrons. The first-order chi connectivity index (χ1) is 12.4. The lowest BCUT2D eigenvalue weighted by Gasteiger charge is -2.34. The van der Waals surface area contributed by atoms with Crippen LogP contribution in [0.1, 0.15) is 19.6 Å². The van der Waals surface area contributed by atoms with Gasteiger partial charge >= 0.3 is 23.6 Å². The van der Waals surface area contributed by atoms with E-state index in [4.69, 9.17) is 24.2 Å². The first-order valence-electron chi connectivity index (χ1n) is 7.50. The predicted octanol–water partition coefficient (Wildman–Crippen LogP) is -1.02. The molecule has 0 bridgehead atoms. The quantitative estimate of drug-likeness (QED) is 0.262. The van der Waals surface area contributed by atoms with Gasteiger partial charge in [0.25, 0.3) is 0 Å². The summed E-state index contributed by atoms with van der Waals surface area (Å²) in [6.45, 7) is 1.30. The Hall–Kier alpha value is -2.99. The Morgan fingerprint density at radius 1 is 1.38 bits per heavy atom. The number of nitrogens with zero attached hydrogens (tertiary/aromatic N) is 2. The third-order valence-corrected chi connectivity index (χ3v) is 3.50. The molecule has 1 aromatic rings. The van der Waals surface area contributed by atoms with Gasteiger partial charge in [-0.1, -0.05) is 6.92 Å². The van der Waals surface area contributed by atoms with Gasteiger partial charge < -0.3 is 18.9 Å². The number of aromatic nitrogens is 2. The summed E-state index contributed by atoms with van der Waals surface area (Å²) in [5.74, 6) is -3.23. The number of cyclic esters (lactones) is 2. The number of hydrogen-bond donors (Lipinski definition) is 2. The fourth-order valence-electron chi connectivity index (χ4n) is 2.17. The summed E-state index contributed by atoms with van der Waals surface area (Å²) in [7, 11) is 1.27. The topological polar surface area (TPSA) is 155 Å². The highest BCUT2D eigenvalue weighted by atomic mass is 16.7. The molecule has 1 fully saturated rings. The van der Waals surface area contributed by atoms with Crippen LogP contribution in [0.4, 0.5) is 5.82 Å². The monoisotopic (exact) mass is 371 g/mol. The van der Waals surface area contributed by atoms with Gasteiger partial charge in [-0.25, -0.2) is 14.4 Å². The van der Waals surface area contributed by atoms with E-state index in [1.54, 1.807) is 12.4 Å². The van der Waals surface area contributed by atoms with Crippen LogP contribution in [0, 0.1) is 0 Å². The van der Waals surface area contributed by atoms with E-state index in [9.17, 15) is 19.2 Å². The van der Waals surface area contributed by atoms with Crippen LogP contribution < -0.4 is 11.2 Å². The predicted molar refractivity (Wildman–Crippen MR) is 81.0 cm³/mol. The second-order valence-electron chi connectivity index (χ2n) is 5.09. The van der Waals surface area contributed by atoms with Crippen LogP contribution in [0.5, 0.6) is 0 Å². The number of ether oxygens (including phenoxy) is 4. The van der Waals surface area contributed by atoms with Gasteiger partial charge in [0, 0.05) is 19.7 Å². The maximum absolute atomic E-state index is 12.1. The normalized spacial score (nSPS) is 20.7. The van der Waals surface area contributed by atoms with E-state index in [1.165, 1.54) is 19.4 Å². The molecule has 0 spiro atoms. The number of methoxy groups -OCH3 is 1. The van der Waals surface area contributed by atoms with E-state index in [2.05, 4.69) is 4.98 Å². The van der Waals surface area contributed by atoms with Gasteiger partial charge in [-0.05, 0) is 6.07 Å². The van der Waals surface area contributed by atoms with Crippen molar-refractivity contribution < 1.29 is 38.5 Å². The minimum Gasteiger partial charge on any atom is -0.463 e. The summed E-state index contributed by atoms with van der Waals surface area (Å²) >= 11 is 0. The standard InChI is InChI=1S/C14H17N3O9/c1-3-9(18)24-6-7(23-2)10-11(26-13(20)12(19)25-10)17-5-4-8(16-22)15-14(17)21/h4-5,7,10-11,22H,3,6H2,1-2H3,(H,15,16,21)/t7-,10-,11-/m1/s1. The number of carbonyl (C=O) groups excluding carboxylic acids is 3. The van der Waals surface area contributed by atoms with Gasteiger partial charge in [0.2, 0.25) is 6.23 Å². The van der Waals surface area contributed by atoms with E-state index in [0.29, 0.717) is 0 Å². The highest BCUT2D eigenvalue weighted by Gasteiger charge is 2.45. The summed E-state index contributed by atoms with van der Waals surface area (Å²) in [4.78, 5) is 50.1. The van der Waals surface area contributed by atoms with E-state index in [-0.39, 0.29) is 18.8 Å². The Morgan fingerprint density at radius 2 is 2.08 bits per heavy atom. The molecule has 2 heterocycles. The Kier molecular flexibility index (Phi) is 6.25. The Balaban J connectivity index is 2.33. The van der Waals surface area contributed by atoms with Gasteiger partial charge in [-0.3, -0.25) is 20.0 Å².